The summed E-state index contributed by atoms with van der Waals surface area (Å²) >= 11 is 0. The van der Waals surface area contributed by atoms with Crippen LogP contribution in [0.25, 0.3) is 22.1 Å². The third-order valence-electron chi connectivity index (χ3n) is 6.51. The number of carboxylic acids is 1. The van der Waals surface area contributed by atoms with E-state index in [1.165, 1.54) is 31.2 Å². The van der Waals surface area contributed by atoms with Gasteiger partial charge in [0.15, 0.2) is 11.5 Å². The van der Waals surface area contributed by atoms with Gasteiger partial charge < -0.3 is 19.9 Å². The number of fused-ring (bicyclic) bond motifs is 1. The molecule has 0 aliphatic rings. The number of benzene rings is 3. The minimum absolute atomic E-state index is 0.00286. The molecule has 1 heterocycles. The molecule has 0 spiro atoms. The molecule has 0 bridgehead atoms. The molecule has 1 amide bonds. The Morgan fingerprint density at radius 3 is 2.00 bits per heavy atom. The highest BCUT2D eigenvalue weighted by atomic mass is 32.2. The molecule has 11 heteroatoms. The van der Waals surface area contributed by atoms with Crippen molar-refractivity contribution in [2.24, 2.45) is 5.92 Å². The Morgan fingerprint density at radius 1 is 0.900 bits per heavy atom. The van der Waals surface area contributed by atoms with E-state index in [-0.39, 0.29) is 33.3 Å². The predicted molar refractivity (Wildman–Crippen MR) is 149 cm³/mol. The van der Waals surface area contributed by atoms with Crippen molar-refractivity contribution in [1.29, 1.82) is 0 Å². The first-order valence-electron chi connectivity index (χ1n) is 12.3. The van der Waals surface area contributed by atoms with Crippen molar-refractivity contribution in [2.45, 2.75) is 38.6 Å². The van der Waals surface area contributed by atoms with E-state index < -0.39 is 33.9 Å². The molecule has 0 saturated carbocycles. The topological polar surface area (TPSA) is 163 Å². The number of amides is 1. The number of sulfonamides is 1. The number of anilines is 1. The first-order valence-corrected chi connectivity index (χ1v) is 13.8. The molecule has 1 unspecified atom stereocenters. The number of hydrogen-bond acceptors (Lipinski definition) is 7. The van der Waals surface area contributed by atoms with E-state index in [2.05, 4.69) is 10.0 Å². The molecule has 1 atom stereocenters. The molecule has 3 aromatic carbocycles. The van der Waals surface area contributed by atoms with Crippen LogP contribution in [0.5, 0.6) is 5.75 Å². The molecular formula is C29H28N2O8S. The van der Waals surface area contributed by atoms with E-state index in [0.29, 0.717) is 22.2 Å². The van der Waals surface area contributed by atoms with Crippen LogP contribution in [0.2, 0.25) is 0 Å². The van der Waals surface area contributed by atoms with Crippen molar-refractivity contribution in [3.05, 3.63) is 77.6 Å². The summed E-state index contributed by atoms with van der Waals surface area (Å²) in [5.41, 5.74) is 2.75. The maximum absolute atomic E-state index is 12.9. The number of phenolic OH excluding ortho intramolecular Hbond substituents is 1. The van der Waals surface area contributed by atoms with E-state index in [1.54, 1.807) is 57.2 Å². The Balaban J connectivity index is 1.50. The van der Waals surface area contributed by atoms with Crippen LogP contribution in [0.3, 0.4) is 0 Å². The molecule has 208 valence electrons. The van der Waals surface area contributed by atoms with E-state index in [4.69, 9.17) is 4.42 Å². The summed E-state index contributed by atoms with van der Waals surface area (Å²) in [6.07, 6.45) is 0. The first-order chi connectivity index (χ1) is 18.8. The van der Waals surface area contributed by atoms with Crippen molar-refractivity contribution in [3.8, 4) is 16.9 Å². The fourth-order valence-electron chi connectivity index (χ4n) is 4.29. The number of aliphatic carboxylic acids is 1. The summed E-state index contributed by atoms with van der Waals surface area (Å²) in [5.74, 6) is -2.76. The minimum atomic E-state index is -4.04. The van der Waals surface area contributed by atoms with E-state index in [0.717, 1.165) is 5.56 Å². The van der Waals surface area contributed by atoms with E-state index in [9.17, 15) is 33.0 Å². The first kappa shape index (κ1) is 28.5. The summed E-state index contributed by atoms with van der Waals surface area (Å²) in [7, 11) is -4.04. The number of phenols is 1. The van der Waals surface area contributed by atoms with Gasteiger partial charge in [0, 0.05) is 11.3 Å². The molecular weight excluding hydrogens is 536 g/mol. The van der Waals surface area contributed by atoms with Crippen molar-refractivity contribution >= 4 is 44.3 Å². The van der Waals surface area contributed by atoms with Crippen molar-refractivity contribution < 1.29 is 37.4 Å². The van der Waals surface area contributed by atoms with Crippen molar-refractivity contribution in [3.63, 3.8) is 0 Å². The predicted octanol–water partition coefficient (Wildman–Crippen LogP) is 4.96. The Bertz CT molecular complexity index is 1720. The number of carbonyl (C=O) groups excluding carboxylic acids is 2. The van der Waals surface area contributed by atoms with Crippen LogP contribution in [0.1, 0.15) is 47.2 Å². The molecule has 0 aliphatic carbocycles. The Labute approximate surface area is 230 Å². The van der Waals surface area contributed by atoms with Gasteiger partial charge in [0.2, 0.25) is 10.0 Å². The van der Waals surface area contributed by atoms with Crippen molar-refractivity contribution in [2.75, 3.05) is 5.32 Å². The number of carboxylic acid groups (broad SMARTS) is 1. The van der Waals surface area contributed by atoms with Crippen LogP contribution in [0, 0.1) is 12.8 Å². The number of nitrogens with one attached hydrogen (secondary N) is 2. The highest BCUT2D eigenvalue weighted by Gasteiger charge is 2.28. The van der Waals surface area contributed by atoms with E-state index >= 15 is 0 Å². The van der Waals surface area contributed by atoms with Crippen LogP contribution in [0.15, 0.2) is 70.0 Å². The molecule has 40 heavy (non-hydrogen) atoms. The summed E-state index contributed by atoms with van der Waals surface area (Å²) in [6.45, 7) is 6.19. The van der Waals surface area contributed by atoms with Crippen LogP contribution in [-0.2, 0) is 14.8 Å². The number of hydrogen-bond donors (Lipinski definition) is 4. The number of aromatic hydroxyl groups is 1. The average Bonchev–Trinajstić information content (AvgIpc) is 3.24. The number of Topliss-reactive ketones (excluding diaryl/α,β-unsaturated/α-hetero) is 1. The monoisotopic (exact) mass is 564 g/mol. The van der Waals surface area contributed by atoms with Crippen LogP contribution < -0.4 is 10.0 Å². The molecule has 4 aromatic rings. The van der Waals surface area contributed by atoms with E-state index in [1.807, 2.05) is 0 Å². The van der Waals surface area contributed by atoms with Gasteiger partial charge in [-0.05, 0) is 67.3 Å². The lowest BCUT2D eigenvalue weighted by Crippen LogP contribution is -2.44. The number of carbonyl (C=O) groups is 3. The smallest absolute Gasteiger partial charge is 0.322 e. The fourth-order valence-corrected chi connectivity index (χ4v) is 5.63. The second kappa shape index (κ2) is 10.9. The maximum Gasteiger partial charge on any atom is 0.322 e. The van der Waals surface area contributed by atoms with Gasteiger partial charge in [0.1, 0.15) is 17.4 Å². The highest BCUT2D eigenvalue weighted by molar-refractivity contribution is 7.89. The second-order valence-corrected chi connectivity index (χ2v) is 11.4. The molecule has 1 aromatic heterocycles. The fraction of sp³-hybridized carbons (Fsp3) is 0.207. The molecule has 0 aliphatic heterocycles. The SMILES string of the molecule is CC(=O)c1ccc2oc(C(=O)Nc3ccc(-c4ccc(S(=O)(=O)NC(C(=O)O)C(C)C)cc4)cc3)c(C)c2c1O. The van der Waals surface area contributed by atoms with Gasteiger partial charge in [-0.25, -0.2) is 8.42 Å². The molecule has 4 rings (SSSR count). The molecule has 10 nitrogen and oxygen atoms in total. The minimum Gasteiger partial charge on any atom is -0.506 e. The van der Waals surface area contributed by atoms with Crippen LogP contribution in [-0.4, -0.2) is 42.3 Å². The Morgan fingerprint density at radius 2 is 1.48 bits per heavy atom. The highest BCUT2D eigenvalue weighted by Crippen LogP contribution is 2.35. The van der Waals surface area contributed by atoms with Crippen LogP contribution >= 0.6 is 0 Å². The normalized spacial score (nSPS) is 12.4. The molecule has 0 fully saturated rings. The number of aryl methyl sites for hydroxylation is 1. The van der Waals surface area contributed by atoms with Gasteiger partial charge in [-0.15, -0.1) is 0 Å². The van der Waals surface area contributed by atoms with Gasteiger partial charge in [-0.1, -0.05) is 38.1 Å². The quantitative estimate of drug-likeness (QED) is 0.207. The molecule has 0 saturated heterocycles. The number of furan rings is 1. The lowest BCUT2D eigenvalue weighted by Gasteiger charge is -2.18. The second-order valence-electron chi connectivity index (χ2n) is 9.68. The number of rotatable bonds is 9. The third-order valence-corrected chi connectivity index (χ3v) is 7.97. The van der Waals surface area contributed by atoms with Crippen molar-refractivity contribution in [1.82, 2.24) is 4.72 Å². The summed E-state index contributed by atoms with van der Waals surface area (Å²) in [6, 6.07) is 14.5. The lowest BCUT2D eigenvalue weighted by atomic mass is 10.0. The zero-order chi connectivity index (χ0) is 29.4. The van der Waals surface area contributed by atoms with Gasteiger partial charge in [-0.2, -0.15) is 4.72 Å². The zero-order valence-electron chi connectivity index (χ0n) is 22.2. The lowest BCUT2D eigenvalue weighted by molar-refractivity contribution is -0.140. The molecule has 0 radical (unpaired) electrons. The standard InChI is InChI=1S/C29H28N2O8S/c1-15(2)25(29(35)36)31-40(37,38)21-11-7-19(8-12-21)18-5-9-20(10-6-18)30-28(34)27-16(3)24-23(39-27)14-13-22(17(4)32)26(24)33/h5-15,25,31,33H,1-4H3,(H,30,34)(H,35,36). The maximum atomic E-state index is 12.9. The third kappa shape index (κ3) is 5.61. The molecule has 4 N–H and O–H groups in total. The summed E-state index contributed by atoms with van der Waals surface area (Å²) < 4.78 is 33.2. The van der Waals surface area contributed by atoms with Gasteiger partial charge >= 0.3 is 5.97 Å². The zero-order valence-corrected chi connectivity index (χ0v) is 23.0. The van der Waals surface area contributed by atoms with Gasteiger partial charge in [0.05, 0.1) is 15.8 Å². The summed E-state index contributed by atoms with van der Waals surface area (Å²) in [4.78, 5) is 36.0. The largest absolute Gasteiger partial charge is 0.506 e. The van der Waals surface area contributed by atoms with Gasteiger partial charge in [-0.3, -0.25) is 14.4 Å². The summed E-state index contributed by atoms with van der Waals surface area (Å²) in [5, 5.41) is 22.8. The number of ketones is 1. The Hall–Kier alpha value is -4.48. The Kier molecular flexibility index (Phi) is 7.81. The van der Waals surface area contributed by atoms with Gasteiger partial charge in [0.25, 0.3) is 5.91 Å². The van der Waals surface area contributed by atoms with Crippen LogP contribution in [0.4, 0.5) is 5.69 Å². The average molecular weight is 565 g/mol.